The smallest absolute Gasteiger partial charge is 0.252 e. The van der Waals surface area contributed by atoms with E-state index >= 15 is 0 Å². The predicted molar refractivity (Wildman–Crippen MR) is 67.9 cm³/mol. The lowest BCUT2D eigenvalue weighted by Gasteiger charge is -2.06. The second-order valence-corrected chi connectivity index (χ2v) is 4.02. The Hall–Kier alpha value is -1.57. The van der Waals surface area contributed by atoms with Crippen molar-refractivity contribution in [3.63, 3.8) is 0 Å². The van der Waals surface area contributed by atoms with Crippen molar-refractivity contribution in [2.45, 2.75) is 13.5 Å². The first-order valence-electron chi connectivity index (χ1n) is 6.12. The summed E-state index contributed by atoms with van der Waals surface area (Å²) in [5, 5.41) is 4.07. The van der Waals surface area contributed by atoms with Gasteiger partial charge in [-0.1, -0.05) is 0 Å². The fraction of sp³-hybridized carbons (Fsp3) is 0.583. The minimum atomic E-state index is 0.442. The summed E-state index contributed by atoms with van der Waals surface area (Å²) < 4.78 is 17.4. The Labute approximate surface area is 111 Å². The number of hydrogen-bond acceptors (Lipinski definition) is 6. The van der Waals surface area contributed by atoms with Gasteiger partial charge < -0.3 is 14.2 Å². The monoisotopic (exact) mass is 266 g/mol. The SMILES string of the molecule is COCCOCCOCc1cc(C)n2ncnc2n1. The van der Waals surface area contributed by atoms with Crippen molar-refractivity contribution in [1.82, 2.24) is 19.6 Å². The van der Waals surface area contributed by atoms with E-state index in [-0.39, 0.29) is 0 Å². The zero-order valence-electron chi connectivity index (χ0n) is 11.2. The van der Waals surface area contributed by atoms with Crippen LogP contribution in [0.15, 0.2) is 12.4 Å². The van der Waals surface area contributed by atoms with Crippen molar-refractivity contribution < 1.29 is 14.2 Å². The van der Waals surface area contributed by atoms with Gasteiger partial charge in [0.2, 0.25) is 0 Å². The molecule has 2 heterocycles. The van der Waals surface area contributed by atoms with E-state index in [0.29, 0.717) is 38.8 Å². The van der Waals surface area contributed by atoms with Crippen LogP contribution in [0.25, 0.3) is 5.78 Å². The fourth-order valence-electron chi connectivity index (χ4n) is 1.64. The number of methoxy groups -OCH3 is 1. The molecule has 0 saturated carbocycles. The number of ether oxygens (including phenoxy) is 3. The van der Waals surface area contributed by atoms with Gasteiger partial charge in [-0.15, -0.1) is 0 Å². The molecule has 0 aliphatic carbocycles. The number of rotatable bonds is 8. The molecule has 0 N–H and O–H groups in total. The lowest BCUT2D eigenvalue weighted by atomic mass is 10.3. The van der Waals surface area contributed by atoms with Crippen LogP contribution < -0.4 is 0 Å². The third-order valence-corrected chi connectivity index (χ3v) is 2.54. The van der Waals surface area contributed by atoms with Crippen LogP contribution >= 0.6 is 0 Å². The van der Waals surface area contributed by atoms with E-state index in [9.17, 15) is 0 Å². The van der Waals surface area contributed by atoms with Gasteiger partial charge in [0.05, 0.1) is 38.7 Å². The summed E-state index contributed by atoms with van der Waals surface area (Å²) >= 11 is 0. The number of fused-ring (bicyclic) bond motifs is 1. The quantitative estimate of drug-likeness (QED) is 0.652. The molecule has 7 nitrogen and oxygen atoms in total. The maximum Gasteiger partial charge on any atom is 0.252 e. The van der Waals surface area contributed by atoms with E-state index in [0.717, 1.165) is 11.4 Å². The summed E-state index contributed by atoms with van der Waals surface area (Å²) in [5.74, 6) is 0.593. The van der Waals surface area contributed by atoms with Crippen molar-refractivity contribution in [1.29, 1.82) is 0 Å². The van der Waals surface area contributed by atoms with Crippen LogP contribution in [0.4, 0.5) is 0 Å². The summed E-state index contributed by atoms with van der Waals surface area (Å²) in [6.45, 7) is 4.67. The van der Waals surface area contributed by atoms with Gasteiger partial charge in [-0.05, 0) is 13.0 Å². The molecular weight excluding hydrogens is 248 g/mol. The van der Waals surface area contributed by atoms with Crippen LogP contribution in [0.5, 0.6) is 0 Å². The molecule has 2 aromatic rings. The molecule has 19 heavy (non-hydrogen) atoms. The molecular formula is C12H18N4O3. The van der Waals surface area contributed by atoms with E-state index in [1.807, 2.05) is 13.0 Å². The zero-order chi connectivity index (χ0) is 13.5. The fourth-order valence-corrected chi connectivity index (χ4v) is 1.64. The maximum absolute atomic E-state index is 5.49. The highest BCUT2D eigenvalue weighted by atomic mass is 16.5. The summed E-state index contributed by atoms with van der Waals surface area (Å²) in [6.07, 6.45) is 1.49. The Balaban J connectivity index is 1.75. The topological polar surface area (TPSA) is 70.8 Å². The Morgan fingerprint density at radius 1 is 1.16 bits per heavy atom. The molecule has 2 rings (SSSR count). The van der Waals surface area contributed by atoms with E-state index in [1.54, 1.807) is 11.6 Å². The van der Waals surface area contributed by atoms with Crippen LogP contribution in [-0.2, 0) is 20.8 Å². The predicted octanol–water partition coefficient (Wildman–Crippen LogP) is 0.612. The van der Waals surface area contributed by atoms with E-state index < -0.39 is 0 Å². The Bertz CT molecular complexity index is 515. The molecule has 0 unspecified atom stereocenters. The van der Waals surface area contributed by atoms with Crippen LogP contribution in [0.3, 0.4) is 0 Å². The van der Waals surface area contributed by atoms with E-state index in [4.69, 9.17) is 14.2 Å². The van der Waals surface area contributed by atoms with Gasteiger partial charge in [-0.25, -0.2) is 9.50 Å². The summed E-state index contributed by atoms with van der Waals surface area (Å²) in [7, 11) is 1.65. The molecule has 0 radical (unpaired) electrons. The average Bonchev–Trinajstić information content (AvgIpc) is 2.86. The third-order valence-electron chi connectivity index (χ3n) is 2.54. The zero-order valence-corrected chi connectivity index (χ0v) is 11.2. The first-order valence-corrected chi connectivity index (χ1v) is 6.12. The van der Waals surface area contributed by atoms with Gasteiger partial charge in [0.1, 0.15) is 6.33 Å². The Kier molecular flexibility index (Phi) is 5.20. The minimum absolute atomic E-state index is 0.442. The van der Waals surface area contributed by atoms with Crippen LogP contribution in [-0.4, -0.2) is 53.1 Å². The molecule has 7 heteroatoms. The molecule has 0 saturated heterocycles. The largest absolute Gasteiger partial charge is 0.382 e. The van der Waals surface area contributed by atoms with Crippen LogP contribution in [0, 0.1) is 6.92 Å². The number of hydrogen-bond donors (Lipinski definition) is 0. The molecule has 0 spiro atoms. The second kappa shape index (κ2) is 7.13. The van der Waals surface area contributed by atoms with Gasteiger partial charge in [0.15, 0.2) is 0 Å². The molecule has 0 aliphatic heterocycles. The minimum Gasteiger partial charge on any atom is -0.382 e. The van der Waals surface area contributed by atoms with Crippen LogP contribution in [0.1, 0.15) is 11.4 Å². The highest BCUT2D eigenvalue weighted by molar-refractivity contribution is 5.29. The van der Waals surface area contributed by atoms with Gasteiger partial charge in [-0.3, -0.25) is 0 Å². The number of aryl methyl sites for hydroxylation is 1. The first kappa shape index (κ1) is 13.9. The molecule has 2 aromatic heterocycles. The summed E-state index contributed by atoms with van der Waals surface area (Å²) in [4.78, 5) is 8.41. The highest BCUT2D eigenvalue weighted by Crippen LogP contribution is 2.05. The van der Waals surface area contributed by atoms with Crippen molar-refractivity contribution in [3.05, 3.63) is 23.8 Å². The third kappa shape index (κ3) is 3.95. The molecule has 0 amide bonds. The highest BCUT2D eigenvalue weighted by Gasteiger charge is 2.04. The first-order chi connectivity index (χ1) is 9.31. The number of aromatic nitrogens is 4. The van der Waals surface area contributed by atoms with E-state index in [1.165, 1.54) is 6.33 Å². The molecule has 0 atom stereocenters. The molecule has 0 aliphatic rings. The lowest BCUT2D eigenvalue weighted by Crippen LogP contribution is -2.09. The molecule has 0 bridgehead atoms. The van der Waals surface area contributed by atoms with Crippen molar-refractivity contribution in [2.24, 2.45) is 0 Å². The summed E-state index contributed by atoms with van der Waals surface area (Å²) in [6, 6.07) is 1.94. The van der Waals surface area contributed by atoms with E-state index in [2.05, 4.69) is 15.1 Å². The molecule has 104 valence electrons. The number of nitrogens with zero attached hydrogens (tertiary/aromatic N) is 4. The normalized spacial score (nSPS) is 11.3. The lowest BCUT2D eigenvalue weighted by molar-refractivity contribution is 0.0192. The Morgan fingerprint density at radius 3 is 2.79 bits per heavy atom. The van der Waals surface area contributed by atoms with Gasteiger partial charge >= 0.3 is 0 Å². The molecule has 0 aromatic carbocycles. The van der Waals surface area contributed by atoms with Crippen LogP contribution in [0.2, 0.25) is 0 Å². The maximum atomic E-state index is 5.49. The van der Waals surface area contributed by atoms with Crippen molar-refractivity contribution in [3.8, 4) is 0 Å². The second-order valence-electron chi connectivity index (χ2n) is 4.02. The van der Waals surface area contributed by atoms with Gasteiger partial charge in [0.25, 0.3) is 5.78 Å². The van der Waals surface area contributed by atoms with Crippen molar-refractivity contribution in [2.75, 3.05) is 33.5 Å². The van der Waals surface area contributed by atoms with Gasteiger partial charge in [-0.2, -0.15) is 10.1 Å². The average molecular weight is 266 g/mol. The standard InChI is InChI=1S/C12H18N4O3/c1-10-7-11(15-12-13-9-14-16(10)12)8-19-6-5-18-4-3-17-2/h7,9H,3-6,8H2,1-2H3. The summed E-state index contributed by atoms with van der Waals surface area (Å²) in [5.41, 5.74) is 1.83. The van der Waals surface area contributed by atoms with Crippen molar-refractivity contribution >= 4 is 5.78 Å². The van der Waals surface area contributed by atoms with Gasteiger partial charge in [0, 0.05) is 12.8 Å². The Morgan fingerprint density at radius 2 is 1.95 bits per heavy atom. The molecule has 0 fully saturated rings.